The second kappa shape index (κ2) is 4.19. The minimum absolute atomic E-state index is 0.953. The molecule has 0 saturated carbocycles. The van der Waals surface area contributed by atoms with Gasteiger partial charge in [-0.15, -0.1) is 11.3 Å². The summed E-state index contributed by atoms with van der Waals surface area (Å²) in [6.45, 7) is 0. The van der Waals surface area contributed by atoms with E-state index in [4.69, 9.17) is 0 Å². The Hall–Kier alpha value is -0.420. The Morgan fingerprint density at radius 2 is 2.00 bits per heavy atom. The Bertz CT molecular complexity index is 366. The monoisotopic (exact) mass is 301 g/mol. The van der Waals surface area contributed by atoms with Crippen LogP contribution in [0, 0.1) is 3.57 Å². The molecule has 0 aliphatic heterocycles. The molecule has 0 unspecified atom stereocenters. The summed E-state index contributed by atoms with van der Waals surface area (Å²) in [6.07, 6.45) is 2.81. The van der Waals surface area contributed by atoms with Crippen molar-refractivity contribution < 1.29 is 0 Å². The van der Waals surface area contributed by atoms with Crippen molar-refractivity contribution in [2.45, 2.75) is 6.42 Å². The Morgan fingerprint density at radius 1 is 1.23 bits per heavy atom. The van der Waals surface area contributed by atoms with Crippen molar-refractivity contribution in [2.24, 2.45) is 0 Å². The summed E-state index contributed by atoms with van der Waals surface area (Å²) < 4.78 is 1.28. The van der Waals surface area contributed by atoms with E-state index in [0.717, 1.165) is 6.42 Å². The molecule has 13 heavy (non-hydrogen) atoms. The molecule has 0 radical (unpaired) electrons. The van der Waals surface area contributed by atoms with Gasteiger partial charge in [0.05, 0.1) is 5.01 Å². The summed E-state index contributed by atoms with van der Waals surface area (Å²) in [4.78, 5) is 4.25. The van der Waals surface area contributed by atoms with E-state index in [2.05, 4.69) is 51.8 Å². The minimum Gasteiger partial charge on any atom is -0.249 e. The predicted octanol–water partition coefficient (Wildman–Crippen LogP) is 3.34. The summed E-state index contributed by atoms with van der Waals surface area (Å²) in [5, 5.41) is 3.20. The van der Waals surface area contributed by atoms with Crippen molar-refractivity contribution in [1.29, 1.82) is 0 Å². The highest BCUT2D eigenvalue weighted by atomic mass is 127. The molecule has 2 aromatic rings. The molecule has 1 heterocycles. The summed E-state index contributed by atoms with van der Waals surface area (Å²) in [5.41, 5.74) is 1.33. The first-order chi connectivity index (χ1) is 6.34. The SMILES string of the molecule is Ic1ccc(Cc2nccs2)cc1. The molecule has 0 bridgehead atoms. The average Bonchev–Trinajstić information content (AvgIpc) is 2.62. The third-order valence-corrected chi connectivity index (χ3v) is 3.25. The quantitative estimate of drug-likeness (QED) is 0.775. The normalized spacial score (nSPS) is 10.2. The number of nitrogens with zero attached hydrogens (tertiary/aromatic N) is 1. The first kappa shape index (κ1) is 9.15. The third kappa shape index (κ3) is 2.51. The number of benzene rings is 1. The summed E-state index contributed by atoms with van der Waals surface area (Å²) in [6, 6.07) is 8.57. The summed E-state index contributed by atoms with van der Waals surface area (Å²) in [5.74, 6) is 0. The largest absolute Gasteiger partial charge is 0.249 e. The highest BCUT2D eigenvalue weighted by Gasteiger charge is 1.97. The molecule has 1 nitrogen and oxygen atoms in total. The van der Waals surface area contributed by atoms with Crippen molar-refractivity contribution in [3.63, 3.8) is 0 Å². The van der Waals surface area contributed by atoms with Crippen LogP contribution in [-0.2, 0) is 6.42 Å². The zero-order chi connectivity index (χ0) is 9.10. The number of rotatable bonds is 2. The number of hydrogen-bond acceptors (Lipinski definition) is 2. The molecule has 3 heteroatoms. The van der Waals surface area contributed by atoms with Gasteiger partial charge in [0.25, 0.3) is 0 Å². The van der Waals surface area contributed by atoms with Gasteiger partial charge in [0.1, 0.15) is 0 Å². The molecule has 0 N–H and O–H groups in total. The fourth-order valence-corrected chi connectivity index (χ4v) is 2.13. The first-order valence-electron chi connectivity index (χ1n) is 3.97. The summed E-state index contributed by atoms with van der Waals surface area (Å²) >= 11 is 4.02. The van der Waals surface area contributed by atoms with E-state index in [1.807, 2.05) is 11.6 Å². The molecular formula is C10H8INS. The van der Waals surface area contributed by atoms with Crippen molar-refractivity contribution in [1.82, 2.24) is 4.98 Å². The maximum absolute atomic E-state index is 4.25. The lowest BCUT2D eigenvalue weighted by molar-refractivity contribution is 1.14. The van der Waals surface area contributed by atoms with Gasteiger partial charge in [-0.2, -0.15) is 0 Å². The number of thiazole rings is 1. The second-order valence-corrected chi connectivity index (χ2v) is 4.95. The van der Waals surface area contributed by atoms with Crippen molar-refractivity contribution in [3.8, 4) is 0 Å². The van der Waals surface area contributed by atoms with Crippen molar-refractivity contribution in [2.75, 3.05) is 0 Å². The van der Waals surface area contributed by atoms with Crippen LogP contribution >= 0.6 is 33.9 Å². The van der Waals surface area contributed by atoms with Gasteiger partial charge >= 0.3 is 0 Å². The fraction of sp³-hybridized carbons (Fsp3) is 0.100. The topological polar surface area (TPSA) is 12.9 Å². The lowest BCUT2D eigenvalue weighted by atomic mass is 10.2. The number of hydrogen-bond donors (Lipinski definition) is 0. The zero-order valence-corrected chi connectivity index (χ0v) is 9.88. The van der Waals surface area contributed by atoms with Gasteiger partial charge < -0.3 is 0 Å². The van der Waals surface area contributed by atoms with Gasteiger partial charge in [-0.1, -0.05) is 12.1 Å². The van der Waals surface area contributed by atoms with Crippen LogP contribution in [0.2, 0.25) is 0 Å². The fourth-order valence-electron chi connectivity index (χ4n) is 1.12. The maximum atomic E-state index is 4.25. The third-order valence-electron chi connectivity index (χ3n) is 1.75. The molecule has 0 aliphatic carbocycles. The predicted molar refractivity (Wildman–Crippen MR) is 64.1 cm³/mol. The van der Waals surface area contributed by atoms with Gasteiger partial charge in [0.15, 0.2) is 0 Å². The molecule has 0 saturated heterocycles. The highest BCUT2D eigenvalue weighted by Crippen LogP contribution is 2.13. The molecule has 0 amide bonds. The molecule has 0 fully saturated rings. The van der Waals surface area contributed by atoms with Gasteiger partial charge in [-0.05, 0) is 40.3 Å². The molecule has 2 rings (SSSR count). The van der Waals surface area contributed by atoms with Gasteiger partial charge in [0.2, 0.25) is 0 Å². The second-order valence-electron chi connectivity index (χ2n) is 2.73. The summed E-state index contributed by atoms with van der Waals surface area (Å²) in [7, 11) is 0. The van der Waals surface area contributed by atoms with Crippen LogP contribution in [0.3, 0.4) is 0 Å². The average molecular weight is 301 g/mol. The lowest BCUT2D eigenvalue weighted by Crippen LogP contribution is -1.86. The van der Waals surface area contributed by atoms with Crippen LogP contribution in [-0.4, -0.2) is 4.98 Å². The molecule has 66 valence electrons. The van der Waals surface area contributed by atoms with Crippen LogP contribution in [0.15, 0.2) is 35.8 Å². The van der Waals surface area contributed by atoms with Crippen LogP contribution < -0.4 is 0 Å². The van der Waals surface area contributed by atoms with Gasteiger partial charge in [-0.25, -0.2) is 4.98 Å². The van der Waals surface area contributed by atoms with E-state index in [1.54, 1.807) is 11.3 Å². The molecule has 0 spiro atoms. The Morgan fingerprint density at radius 3 is 2.62 bits per heavy atom. The number of aromatic nitrogens is 1. The van der Waals surface area contributed by atoms with Crippen LogP contribution in [0.4, 0.5) is 0 Å². The minimum atomic E-state index is 0.953. The molecule has 1 aromatic heterocycles. The molecule has 1 aromatic carbocycles. The smallest absolute Gasteiger partial charge is 0.0968 e. The zero-order valence-electron chi connectivity index (χ0n) is 6.90. The van der Waals surface area contributed by atoms with Gasteiger partial charge in [0, 0.05) is 21.6 Å². The van der Waals surface area contributed by atoms with E-state index in [9.17, 15) is 0 Å². The van der Waals surface area contributed by atoms with E-state index in [-0.39, 0.29) is 0 Å². The Labute approximate surface area is 95.0 Å². The van der Waals surface area contributed by atoms with Crippen LogP contribution in [0.5, 0.6) is 0 Å². The van der Waals surface area contributed by atoms with Crippen LogP contribution in [0.25, 0.3) is 0 Å². The Balaban J connectivity index is 2.15. The van der Waals surface area contributed by atoms with Crippen molar-refractivity contribution >= 4 is 33.9 Å². The molecular weight excluding hydrogens is 293 g/mol. The Kier molecular flexibility index (Phi) is 2.95. The standard InChI is InChI=1S/C10H8INS/c11-9-3-1-8(2-4-9)7-10-12-5-6-13-10/h1-6H,7H2. The van der Waals surface area contributed by atoms with E-state index >= 15 is 0 Å². The number of halogens is 1. The highest BCUT2D eigenvalue weighted by molar-refractivity contribution is 14.1. The first-order valence-corrected chi connectivity index (χ1v) is 5.93. The maximum Gasteiger partial charge on any atom is 0.0968 e. The van der Waals surface area contributed by atoms with E-state index in [0.29, 0.717) is 0 Å². The van der Waals surface area contributed by atoms with Crippen LogP contribution in [0.1, 0.15) is 10.6 Å². The lowest BCUT2D eigenvalue weighted by Gasteiger charge is -1.97. The van der Waals surface area contributed by atoms with Gasteiger partial charge in [-0.3, -0.25) is 0 Å². The molecule has 0 aliphatic rings. The molecule has 0 atom stereocenters. The van der Waals surface area contributed by atoms with Crippen molar-refractivity contribution in [3.05, 3.63) is 50.0 Å². The van der Waals surface area contributed by atoms with E-state index < -0.39 is 0 Å². The van der Waals surface area contributed by atoms with E-state index in [1.165, 1.54) is 14.1 Å².